The first-order valence-electron chi connectivity index (χ1n) is 7.84. The highest BCUT2D eigenvalue weighted by molar-refractivity contribution is 5.78. The molecule has 0 aliphatic rings. The van der Waals surface area contributed by atoms with E-state index in [0.717, 1.165) is 11.3 Å². The zero-order valence-corrected chi connectivity index (χ0v) is 14.1. The second-order valence-electron chi connectivity index (χ2n) is 6.56. The molecule has 0 spiro atoms. The van der Waals surface area contributed by atoms with E-state index in [1.807, 2.05) is 24.3 Å². The molecular weight excluding hydrogens is 262 g/mol. The van der Waals surface area contributed by atoms with Crippen LogP contribution in [0.2, 0.25) is 0 Å². The molecule has 1 amide bonds. The van der Waals surface area contributed by atoms with E-state index in [1.54, 1.807) is 0 Å². The Bertz CT molecular complexity index is 444. The van der Waals surface area contributed by atoms with Crippen molar-refractivity contribution in [2.24, 2.45) is 11.8 Å². The number of carbonyl (C=O) groups excluding carboxylic acids is 1. The molecule has 1 aromatic rings. The van der Waals surface area contributed by atoms with Crippen molar-refractivity contribution in [3.63, 3.8) is 0 Å². The Morgan fingerprint density at radius 1 is 1.05 bits per heavy atom. The maximum atomic E-state index is 12.1. The first-order valence-corrected chi connectivity index (χ1v) is 7.84. The van der Waals surface area contributed by atoms with Gasteiger partial charge in [-0.15, -0.1) is 0 Å². The predicted octanol–water partition coefficient (Wildman–Crippen LogP) is 3.99. The summed E-state index contributed by atoms with van der Waals surface area (Å²) in [7, 11) is 0. The van der Waals surface area contributed by atoms with Gasteiger partial charge >= 0.3 is 0 Å². The van der Waals surface area contributed by atoms with Gasteiger partial charge in [0.1, 0.15) is 5.75 Å². The van der Waals surface area contributed by atoms with Crippen molar-refractivity contribution in [1.82, 2.24) is 5.32 Å². The third kappa shape index (κ3) is 5.41. The van der Waals surface area contributed by atoms with E-state index < -0.39 is 0 Å². The van der Waals surface area contributed by atoms with Crippen LogP contribution in [0.15, 0.2) is 24.3 Å². The molecule has 0 radical (unpaired) electrons. The van der Waals surface area contributed by atoms with Gasteiger partial charge in [-0.2, -0.15) is 0 Å². The molecule has 1 aromatic carbocycles. The molecule has 1 N–H and O–H groups in total. The van der Waals surface area contributed by atoms with E-state index in [2.05, 4.69) is 46.9 Å². The molecule has 0 aliphatic heterocycles. The van der Waals surface area contributed by atoms with E-state index in [1.165, 1.54) is 0 Å². The second-order valence-corrected chi connectivity index (χ2v) is 6.56. The molecule has 0 aromatic heterocycles. The number of ether oxygens (including phenoxy) is 1. The maximum absolute atomic E-state index is 12.1. The van der Waals surface area contributed by atoms with Crippen LogP contribution in [-0.4, -0.2) is 18.6 Å². The quantitative estimate of drug-likeness (QED) is 0.825. The van der Waals surface area contributed by atoms with Crippen LogP contribution in [0, 0.1) is 11.8 Å². The molecule has 0 fully saturated rings. The molecule has 0 bridgehead atoms. The summed E-state index contributed by atoms with van der Waals surface area (Å²) in [5.74, 6) is 1.95. The van der Waals surface area contributed by atoms with Crippen LogP contribution < -0.4 is 10.1 Å². The van der Waals surface area contributed by atoms with Crippen molar-refractivity contribution < 1.29 is 9.53 Å². The molecule has 0 saturated heterocycles. The van der Waals surface area contributed by atoms with E-state index in [9.17, 15) is 4.79 Å². The molecule has 0 atom stereocenters. The summed E-state index contributed by atoms with van der Waals surface area (Å²) in [6, 6.07) is 8.08. The van der Waals surface area contributed by atoms with Gasteiger partial charge in [0.05, 0.1) is 0 Å². The van der Waals surface area contributed by atoms with E-state index in [0.29, 0.717) is 17.8 Å². The summed E-state index contributed by atoms with van der Waals surface area (Å²) in [4.78, 5) is 12.1. The number of hydrogen-bond donors (Lipinski definition) is 1. The molecule has 0 saturated carbocycles. The lowest BCUT2D eigenvalue weighted by Gasteiger charge is -2.26. The molecule has 3 heteroatoms. The number of rotatable bonds is 7. The Kier molecular flexibility index (Phi) is 6.73. The minimum atomic E-state index is -0.0547. The Morgan fingerprint density at radius 3 is 2.14 bits per heavy atom. The third-order valence-electron chi connectivity index (χ3n) is 3.66. The summed E-state index contributed by atoms with van der Waals surface area (Å²) in [6.07, 6.45) is 0. The van der Waals surface area contributed by atoms with Crippen molar-refractivity contribution in [2.75, 3.05) is 6.61 Å². The summed E-state index contributed by atoms with van der Waals surface area (Å²) in [5, 5.41) is 3.07. The number of hydrogen-bond acceptors (Lipinski definition) is 2. The maximum Gasteiger partial charge on any atom is 0.258 e. The Hall–Kier alpha value is -1.51. The molecular formula is C18H29NO2. The molecule has 21 heavy (non-hydrogen) atoms. The minimum Gasteiger partial charge on any atom is -0.483 e. The van der Waals surface area contributed by atoms with Gasteiger partial charge in [0.2, 0.25) is 0 Å². The summed E-state index contributed by atoms with van der Waals surface area (Å²) in [5.41, 5.74) is 1.13. The lowest BCUT2D eigenvalue weighted by Crippen LogP contribution is -2.44. The molecule has 0 unspecified atom stereocenters. The van der Waals surface area contributed by atoms with Gasteiger partial charge in [0.15, 0.2) is 6.61 Å². The van der Waals surface area contributed by atoms with Crippen LogP contribution in [0.25, 0.3) is 0 Å². The zero-order valence-electron chi connectivity index (χ0n) is 14.1. The van der Waals surface area contributed by atoms with Crippen LogP contribution in [0.5, 0.6) is 5.75 Å². The molecule has 1 rings (SSSR count). The van der Waals surface area contributed by atoms with Crippen molar-refractivity contribution in [3.05, 3.63) is 29.8 Å². The molecule has 118 valence electrons. The smallest absolute Gasteiger partial charge is 0.258 e. The van der Waals surface area contributed by atoms with E-state index in [-0.39, 0.29) is 18.6 Å². The normalized spacial score (nSPS) is 11.5. The van der Waals surface area contributed by atoms with Crippen molar-refractivity contribution >= 4 is 5.91 Å². The van der Waals surface area contributed by atoms with Gasteiger partial charge in [-0.05, 0) is 29.4 Å². The molecule has 3 nitrogen and oxygen atoms in total. The lowest BCUT2D eigenvalue weighted by molar-refractivity contribution is -0.124. The first-order chi connectivity index (χ1) is 9.82. The zero-order chi connectivity index (χ0) is 16.0. The number of amides is 1. The fourth-order valence-corrected chi connectivity index (χ4v) is 2.56. The number of nitrogens with one attached hydrogen (secondary N) is 1. The van der Waals surface area contributed by atoms with Crippen LogP contribution in [0.3, 0.4) is 0 Å². The molecule has 0 aliphatic carbocycles. The Balaban J connectivity index is 2.61. The largest absolute Gasteiger partial charge is 0.483 e. The molecule has 0 heterocycles. The SMILES string of the molecule is CC(C)c1ccccc1OCC(=O)NC(C(C)C)C(C)C. The van der Waals surface area contributed by atoms with Crippen molar-refractivity contribution in [1.29, 1.82) is 0 Å². The highest BCUT2D eigenvalue weighted by Gasteiger charge is 2.20. The van der Waals surface area contributed by atoms with Crippen molar-refractivity contribution in [2.45, 2.75) is 53.5 Å². The third-order valence-corrected chi connectivity index (χ3v) is 3.66. The average Bonchev–Trinajstić information content (AvgIpc) is 2.42. The van der Waals surface area contributed by atoms with Gasteiger partial charge in [0, 0.05) is 6.04 Å². The van der Waals surface area contributed by atoms with Crippen LogP contribution in [0.4, 0.5) is 0 Å². The lowest BCUT2D eigenvalue weighted by atomic mass is 9.93. The monoisotopic (exact) mass is 291 g/mol. The number of carbonyl (C=O) groups is 1. The second kappa shape index (κ2) is 8.06. The fraction of sp³-hybridized carbons (Fsp3) is 0.611. The van der Waals surface area contributed by atoms with Crippen LogP contribution >= 0.6 is 0 Å². The highest BCUT2D eigenvalue weighted by Crippen LogP contribution is 2.25. The van der Waals surface area contributed by atoms with Gasteiger partial charge in [0.25, 0.3) is 5.91 Å². The summed E-state index contributed by atoms with van der Waals surface area (Å²) >= 11 is 0. The standard InChI is InChI=1S/C18H29NO2/c1-12(2)15-9-7-8-10-16(15)21-11-17(20)19-18(13(3)4)14(5)6/h7-10,12-14,18H,11H2,1-6H3,(H,19,20). The number of para-hydroxylation sites is 1. The highest BCUT2D eigenvalue weighted by atomic mass is 16.5. The Morgan fingerprint density at radius 2 is 1.62 bits per heavy atom. The predicted molar refractivity (Wildman–Crippen MR) is 87.6 cm³/mol. The summed E-state index contributed by atoms with van der Waals surface area (Å²) in [6.45, 7) is 12.8. The van der Waals surface area contributed by atoms with Crippen molar-refractivity contribution in [3.8, 4) is 5.75 Å². The van der Waals surface area contributed by atoms with E-state index in [4.69, 9.17) is 4.74 Å². The van der Waals surface area contributed by atoms with Gasteiger partial charge in [-0.3, -0.25) is 4.79 Å². The average molecular weight is 291 g/mol. The Labute approximate surface area is 129 Å². The van der Waals surface area contributed by atoms with Gasteiger partial charge in [-0.1, -0.05) is 59.7 Å². The number of benzene rings is 1. The van der Waals surface area contributed by atoms with Gasteiger partial charge < -0.3 is 10.1 Å². The fourth-order valence-electron chi connectivity index (χ4n) is 2.56. The first kappa shape index (κ1) is 17.5. The minimum absolute atomic E-state index is 0.0547. The van der Waals surface area contributed by atoms with Crippen LogP contribution in [0.1, 0.15) is 53.0 Å². The summed E-state index contributed by atoms with van der Waals surface area (Å²) < 4.78 is 5.71. The van der Waals surface area contributed by atoms with Gasteiger partial charge in [-0.25, -0.2) is 0 Å². The van der Waals surface area contributed by atoms with E-state index >= 15 is 0 Å². The topological polar surface area (TPSA) is 38.3 Å². The van der Waals surface area contributed by atoms with Crippen LogP contribution in [-0.2, 0) is 4.79 Å².